The Balaban J connectivity index is 1.98. The van der Waals surface area contributed by atoms with Gasteiger partial charge in [-0.25, -0.2) is 4.79 Å². The first-order valence-electron chi connectivity index (χ1n) is 8.30. The van der Waals surface area contributed by atoms with Crippen molar-refractivity contribution in [1.29, 1.82) is 0 Å². The van der Waals surface area contributed by atoms with Crippen LogP contribution in [-0.4, -0.2) is 15.0 Å². The van der Waals surface area contributed by atoms with Gasteiger partial charge in [0.25, 0.3) is 5.56 Å². The Labute approximate surface area is 135 Å². The fourth-order valence-corrected chi connectivity index (χ4v) is 3.48. The number of nitrogens with one attached hydrogen (secondary N) is 2. The zero-order valence-corrected chi connectivity index (χ0v) is 13.7. The molecule has 3 rings (SSSR count). The fraction of sp³-hybridized carbons (Fsp3) is 0.500. The van der Waals surface area contributed by atoms with E-state index in [1.807, 2.05) is 19.1 Å². The van der Waals surface area contributed by atoms with E-state index >= 15 is 0 Å². The van der Waals surface area contributed by atoms with Gasteiger partial charge in [-0.15, -0.1) is 0 Å². The molecule has 0 bridgehead atoms. The van der Waals surface area contributed by atoms with E-state index in [0.29, 0.717) is 12.0 Å². The molecule has 0 saturated heterocycles. The first kappa shape index (κ1) is 15.7. The van der Waals surface area contributed by atoms with Crippen LogP contribution >= 0.6 is 0 Å². The topological polar surface area (TPSA) is 78.6 Å². The molecule has 1 saturated carbocycles. The molecule has 1 aliphatic carbocycles. The van der Waals surface area contributed by atoms with Crippen LogP contribution in [0.25, 0.3) is 0 Å². The van der Waals surface area contributed by atoms with Gasteiger partial charge in [-0.1, -0.05) is 19.8 Å². The van der Waals surface area contributed by atoms with Crippen molar-refractivity contribution in [2.45, 2.75) is 51.9 Å². The highest BCUT2D eigenvalue weighted by Crippen LogP contribution is 2.35. The molecule has 1 fully saturated rings. The molecule has 0 radical (unpaired) electrons. The van der Waals surface area contributed by atoms with Gasteiger partial charge in [0.2, 0.25) is 0 Å². The quantitative estimate of drug-likeness (QED) is 0.914. The second kappa shape index (κ2) is 6.52. The summed E-state index contributed by atoms with van der Waals surface area (Å²) in [6, 6.07) is 3.92. The van der Waals surface area contributed by atoms with Crippen molar-refractivity contribution in [3.05, 3.63) is 61.7 Å². The molecule has 5 heteroatoms. The van der Waals surface area contributed by atoms with Crippen molar-refractivity contribution in [2.75, 3.05) is 0 Å². The third-order valence-corrected chi connectivity index (χ3v) is 4.83. The lowest BCUT2D eigenvalue weighted by molar-refractivity contribution is 0.342. The number of H-pyrrole nitrogens is 2. The summed E-state index contributed by atoms with van der Waals surface area (Å²) in [5, 5.41) is 0. The average molecular weight is 313 g/mol. The van der Waals surface area contributed by atoms with E-state index < -0.39 is 5.69 Å². The number of rotatable bonds is 3. The zero-order valence-electron chi connectivity index (χ0n) is 13.7. The molecule has 0 spiro atoms. The highest BCUT2D eigenvalue weighted by atomic mass is 16.2. The fourth-order valence-electron chi connectivity index (χ4n) is 3.48. The Morgan fingerprint density at radius 3 is 2.61 bits per heavy atom. The van der Waals surface area contributed by atoms with Crippen LogP contribution in [-0.2, 0) is 6.42 Å². The average Bonchev–Trinajstić information content (AvgIpc) is 2.51. The molecule has 23 heavy (non-hydrogen) atoms. The van der Waals surface area contributed by atoms with E-state index in [1.54, 1.807) is 6.20 Å². The van der Waals surface area contributed by atoms with Gasteiger partial charge < -0.3 is 4.98 Å². The van der Waals surface area contributed by atoms with E-state index in [0.717, 1.165) is 48.6 Å². The van der Waals surface area contributed by atoms with Crippen molar-refractivity contribution in [3.8, 4) is 0 Å². The van der Waals surface area contributed by atoms with Gasteiger partial charge in [0, 0.05) is 29.6 Å². The maximum Gasteiger partial charge on any atom is 0.325 e. The number of aryl methyl sites for hydroxylation is 1. The Hall–Kier alpha value is -2.17. The predicted octanol–water partition coefficient (Wildman–Crippen LogP) is 2.65. The largest absolute Gasteiger partial charge is 0.325 e. The van der Waals surface area contributed by atoms with Crippen molar-refractivity contribution in [3.63, 3.8) is 0 Å². The van der Waals surface area contributed by atoms with E-state index in [4.69, 9.17) is 0 Å². The van der Waals surface area contributed by atoms with Crippen molar-refractivity contribution < 1.29 is 0 Å². The third-order valence-electron chi connectivity index (χ3n) is 4.83. The summed E-state index contributed by atoms with van der Waals surface area (Å²) in [7, 11) is 0. The molecule has 2 aromatic heterocycles. The lowest BCUT2D eigenvalue weighted by atomic mass is 9.80. The molecule has 0 amide bonds. The molecule has 2 N–H and O–H groups in total. The predicted molar refractivity (Wildman–Crippen MR) is 89.8 cm³/mol. The van der Waals surface area contributed by atoms with E-state index in [2.05, 4.69) is 21.9 Å². The summed E-state index contributed by atoms with van der Waals surface area (Å²) in [6.07, 6.45) is 6.54. The molecule has 0 aromatic carbocycles. The third kappa shape index (κ3) is 3.60. The standard InChI is InChI=1S/C18H23N3O2/c1-11-3-5-13(6-4-11)16-15(17(22)21-18(23)20-16)10-14-9-12(2)7-8-19-14/h7-9,11,13H,3-6,10H2,1-2H3,(H2,20,21,22,23). The monoisotopic (exact) mass is 313 g/mol. The van der Waals surface area contributed by atoms with Gasteiger partial charge in [0.15, 0.2) is 0 Å². The Bertz CT molecular complexity index is 798. The van der Waals surface area contributed by atoms with Crippen LogP contribution in [0.4, 0.5) is 0 Å². The van der Waals surface area contributed by atoms with Crippen LogP contribution < -0.4 is 11.2 Å². The molecule has 5 nitrogen and oxygen atoms in total. The second-order valence-electron chi connectivity index (χ2n) is 6.76. The summed E-state index contributed by atoms with van der Waals surface area (Å²) < 4.78 is 0. The molecule has 0 atom stereocenters. The van der Waals surface area contributed by atoms with E-state index in [9.17, 15) is 9.59 Å². The lowest BCUT2D eigenvalue weighted by Gasteiger charge is -2.27. The van der Waals surface area contributed by atoms with Crippen molar-refractivity contribution >= 4 is 0 Å². The molecule has 2 heterocycles. The summed E-state index contributed by atoms with van der Waals surface area (Å²) in [4.78, 5) is 33.7. The number of hydrogen-bond acceptors (Lipinski definition) is 3. The van der Waals surface area contributed by atoms with Crippen LogP contribution in [0.5, 0.6) is 0 Å². The van der Waals surface area contributed by atoms with Gasteiger partial charge in [-0.3, -0.25) is 14.8 Å². The number of pyridine rings is 1. The van der Waals surface area contributed by atoms with Crippen molar-refractivity contribution in [1.82, 2.24) is 15.0 Å². The normalized spacial score (nSPS) is 21.3. The van der Waals surface area contributed by atoms with E-state index in [-0.39, 0.29) is 11.5 Å². The molecular weight excluding hydrogens is 290 g/mol. The summed E-state index contributed by atoms with van der Waals surface area (Å²) in [5.41, 5.74) is 2.74. The van der Waals surface area contributed by atoms with E-state index in [1.165, 1.54) is 0 Å². The molecule has 0 unspecified atom stereocenters. The smallest absolute Gasteiger partial charge is 0.311 e. The first-order chi connectivity index (χ1) is 11.0. The highest BCUT2D eigenvalue weighted by Gasteiger charge is 2.24. The van der Waals surface area contributed by atoms with Crippen LogP contribution in [0.15, 0.2) is 27.9 Å². The van der Waals surface area contributed by atoms with Crippen molar-refractivity contribution in [2.24, 2.45) is 5.92 Å². The summed E-state index contributed by atoms with van der Waals surface area (Å²) >= 11 is 0. The minimum atomic E-state index is -0.412. The van der Waals surface area contributed by atoms with Crippen LogP contribution in [0, 0.1) is 12.8 Å². The Morgan fingerprint density at radius 1 is 1.17 bits per heavy atom. The maximum absolute atomic E-state index is 12.4. The molecule has 2 aromatic rings. The number of aromatic amines is 2. The van der Waals surface area contributed by atoms with Gasteiger partial charge >= 0.3 is 5.69 Å². The van der Waals surface area contributed by atoms with Gasteiger partial charge in [0.05, 0.1) is 0 Å². The second-order valence-corrected chi connectivity index (χ2v) is 6.76. The SMILES string of the molecule is Cc1ccnc(Cc2c(C3CCC(C)CC3)[nH]c(=O)[nH]c2=O)c1. The number of hydrogen-bond donors (Lipinski definition) is 2. The summed E-state index contributed by atoms with van der Waals surface area (Å²) in [5.74, 6) is 0.989. The zero-order chi connectivity index (χ0) is 16.4. The molecule has 122 valence electrons. The van der Waals surface area contributed by atoms with Gasteiger partial charge in [0.1, 0.15) is 0 Å². The first-order valence-corrected chi connectivity index (χ1v) is 8.30. The lowest BCUT2D eigenvalue weighted by Crippen LogP contribution is -2.30. The summed E-state index contributed by atoms with van der Waals surface area (Å²) in [6.45, 7) is 4.26. The van der Waals surface area contributed by atoms with Crippen LogP contribution in [0.1, 0.15) is 61.0 Å². The maximum atomic E-state index is 12.4. The highest BCUT2D eigenvalue weighted by molar-refractivity contribution is 5.27. The molecule has 0 aliphatic heterocycles. The Morgan fingerprint density at radius 2 is 1.91 bits per heavy atom. The number of nitrogens with zero attached hydrogens (tertiary/aromatic N) is 1. The minimum absolute atomic E-state index is 0.265. The van der Waals surface area contributed by atoms with Crippen LogP contribution in [0.2, 0.25) is 0 Å². The molecule has 1 aliphatic rings. The van der Waals surface area contributed by atoms with Crippen LogP contribution in [0.3, 0.4) is 0 Å². The minimum Gasteiger partial charge on any atom is -0.311 e. The molecular formula is C18H23N3O2. The Kier molecular flexibility index (Phi) is 4.46. The van der Waals surface area contributed by atoms with Gasteiger partial charge in [-0.05, 0) is 49.3 Å². The number of aromatic nitrogens is 3. The van der Waals surface area contributed by atoms with Gasteiger partial charge in [-0.2, -0.15) is 0 Å².